The third kappa shape index (κ3) is 2.42. The van der Waals surface area contributed by atoms with E-state index in [2.05, 4.69) is 4.98 Å². The van der Waals surface area contributed by atoms with Gasteiger partial charge >= 0.3 is 5.69 Å². The minimum absolute atomic E-state index is 0.122. The number of aromatic nitrogens is 2. The molecular weight excluding hydrogens is 238 g/mol. The van der Waals surface area contributed by atoms with Gasteiger partial charge in [-0.3, -0.25) is 4.57 Å². The molecule has 7 heteroatoms. The molecule has 0 unspecified atom stereocenters. The highest BCUT2D eigenvalue weighted by molar-refractivity contribution is 5.23. The molecule has 0 aliphatic carbocycles. The van der Waals surface area contributed by atoms with Crippen LogP contribution in [0.1, 0.15) is 6.23 Å². The SMILES string of the molecule is Nc1ccn([C@H]2C=C[C@@H](CO)[C@H](CO)O2)c(=O)n1. The third-order valence-electron chi connectivity index (χ3n) is 2.83. The number of aliphatic hydroxyl groups is 2. The predicted molar refractivity (Wildman–Crippen MR) is 63.6 cm³/mol. The first-order valence-electron chi connectivity index (χ1n) is 5.56. The second kappa shape index (κ2) is 5.30. The molecule has 1 aromatic rings. The van der Waals surface area contributed by atoms with Crippen LogP contribution in [0.3, 0.4) is 0 Å². The average molecular weight is 253 g/mol. The van der Waals surface area contributed by atoms with Crippen LogP contribution < -0.4 is 11.4 Å². The Hall–Kier alpha value is -1.70. The topological polar surface area (TPSA) is 111 Å². The van der Waals surface area contributed by atoms with Crippen molar-refractivity contribution in [3.63, 3.8) is 0 Å². The molecule has 0 saturated carbocycles. The van der Waals surface area contributed by atoms with Gasteiger partial charge in [0.2, 0.25) is 0 Å². The second-order valence-corrected chi connectivity index (χ2v) is 4.02. The molecule has 0 aromatic carbocycles. The average Bonchev–Trinajstić information content (AvgIpc) is 2.38. The van der Waals surface area contributed by atoms with Crippen molar-refractivity contribution in [2.75, 3.05) is 18.9 Å². The van der Waals surface area contributed by atoms with Crippen LogP contribution in [0.25, 0.3) is 0 Å². The molecule has 0 spiro atoms. The summed E-state index contributed by atoms with van der Waals surface area (Å²) >= 11 is 0. The number of aliphatic hydroxyl groups excluding tert-OH is 2. The molecule has 18 heavy (non-hydrogen) atoms. The molecule has 1 aromatic heterocycles. The number of ether oxygens (including phenoxy) is 1. The maximum Gasteiger partial charge on any atom is 0.351 e. The summed E-state index contributed by atoms with van der Waals surface area (Å²) in [4.78, 5) is 15.2. The smallest absolute Gasteiger partial charge is 0.351 e. The largest absolute Gasteiger partial charge is 0.396 e. The lowest BCUT2D eigenvalue weighted by Crippen LogP contribution is -2.38. The Kier molecular flexibility index (Phi) is 3.75. The van der Waals surface area contributed by atoms with Gasteiger partial charge in [0.1, 0.15) is 5.82 Å². The molecule has 0 fully saturated rings. The standard InChI is InChI=1S/C11H15N3O4/c12-9-3-4-14(11(17)13-9)10-2-1-7(5-15)8(6-16)18-10/h1-4,7-8,10,15-16H,5-6H2,(H2,12,13,17)/t7-,8-,10+/m0/s1. The number of hydrogen-bond acceptors (Lipinski definition) is 6. The van der Waals surface area contributed by atoms with E-state index in [0.717, 1.165) is 0 Å². The molecule has 4 N–H and O–H groups in total. The Morgan fingerprint density at radius 1 is 1.39 bits per heavy atom. The van der Waals surface area contributed by atoms with Crippen LogP contribution in [0.15, 0.2) is 29.2 Å². The first kappa shape index (κ1) is 12.7. The van der Waals surface area contributed by atoms with E-state index in [1.54, 1.807) is 12.2 Å². The zero-order chi connectivity index (χ0) is 13.1. The normalized spacial score (nSPS) is 27.3. The molecule has 0 amide bonds. The summed E-state index contributed by atoms with van der Waals surface area (Å²) in [5, 5.41) is 18.3. The molecular formula is C11H15N3O4. The van der Waals surface area contributed by atoms with Crippen molar-refractivity contribution < 1.29 is 14.9 Å². The Labute approximate surface area is 103 Å². The third-order valence-corrected chi connectivity index (χ3v) is 2.83. The summed E-state index contributed by atoms with van der Waals surface area (Å²) in [6, 6.07) is 1.49. The second-order valence-electron chi connectivity index (χ2n) is 4.02. The molecule has 0 saturated heterocycles. The van der Waals surface area contributed by atoms with Gasteiger partial charge in [0, 0.05) is 12.1 Å². The van der Waals surface area contributed by atoms with Gasteiger partial charge < -0.3 is 20.7 Å². The minimum Gasteiger partial charge on any atom is -0.396 e. The summed E-state index contributed by atoms with van der Waals surface area (Å²) < 4.78 is 6.80. The van der Waals surface area contributed by atoms with E-state index in [0.29, 0.717) is 0 Å². The van der Waals surface area contributed by atoms with Crippen LogP contribution >= 0.6 is 0 Å². The molecule has 2 heterocycles. The summed E-state index contributed by atoms with van der Waals surface area (Å²) in [7, 11) is 0. The number of nitrogens with two attached hydrogens (primary N) is 1. The van der Waals surface area contributed by atoms with E-state index in [1.165, 1.54) is 16.8 Å². The number of nitrogens with zero attached hydrogens (tertiary/aromatic N) is 2. The molecule has 1 aliphatic heterocycles. The lowest BCUT2D eigenvalue weighted by atomic mass is 10.0. The Bertz CT molecular complexity index is 499. The van der Waals surface area contributed by atoms with Gasteiger partial charge in [-0.2, -0.15) is 4.98 Å². The lowest BCUT2D eigenvalue weighted by Gasteiger charge is -2.30. The van der Waals surface area contributed by atoms with Crippen molar-refractivity contribution in [1.82, 2.24) is 9.55 Å². The van der Waals surface area contributed by atoms with E-state index in [9.17, 15) is 9.90 Å². The first-order chi connectivity index (χ1) is 8.65. The van der Waals surface area contributed by atoms with Crippen LogP contribution in [0, 0.1) is 5.92 Å². The summed E-state index contributed by atoms with van der Waals surface area (Å²) in [6.45, 7) is -0.355. The van der Waals surface area contributed by atoms with Crippen molar-refractivity contribution in [2.45, 2.75) is 12.3 Å². The Morgan fingerprint density at radius 2 is 2.17 bits per heavy atom. The van der Waals surface area contributed by atoms with E-state index >= 15 is 0 Å². The molecule has 2 rings (SSSR count). The summed E-state index contributed by atoms with van der Waals surface area (Å²) in [5.74, 6) is -0.133. The fraction of sp³-hybridized carbons (Fsp3) is 0.455. The van der Waals surface area contributed by atoms with E-state index in [4.69, 9.17) is 15.6 Å². The van der Waals surface area contributed by atoms with Gasteiger partial charge in [-0.05, 0) is 12.1 Å². The fourth-order valence-corrected chi connectivity index (χ4v) is 1.82. The van der Waals surface area contributed by atoms with E-state index < -0.39 is 18.0 Å². The number of nitrogen functional groups attached to an aromatic ring is 1. The van der Waals surface area contributed by atoms with Crippen LogP contribution in [0.4, 0.5) is 5.82 Å². The lowest BCUT2D eigenvalue weighted by molar-refractivity contribution is -0.0885. The zero-order valence-corrected chi connectivity index (χ0v) is 9.64. The van der Waals surface area contributed by atoms with Gasteiger partial charge in [0.25, 0.3) is 0 Å². The van der Waals surface area contributed by atoms with Crippen molar-refractivity contribution in [2.24, 2.45) is 5.92 Å². The summed E-state index contributed by atoms with van der Waals surface area (Å²) in [5.41, 5.74) is 4.87. The first-order valence-corrected chi connectivity index (χ1v) is 5.56. The maximum atomic E-state index is 11.6. The van der Waals surface area contributed by atoms with Gasteiger partial charge in [-0.1, -0.05) is 6.08 Å². The number of hydrogen-bond donors (Lipinski definition) is 3. The van der Waals surface area contributed by atoms with Crippen LogP contribution in [0.2, 0.25) is 0 Å². The van der Waals surface area contributed by atoms with Crippen molar-refractivity contribution >= 4 is 5.82 Å². The molecule has 1 aliphatic rings. The number of rotatable bonds is 3. The highest BCUT2D eigenvalue weighted by Crippen LogP contribution is 2.23. The van der Waals surface area contributed by atoms with Crippen LogP contribution in [0.5, 0.6) is 0 Å². The van der Waals surface area contributed by atoms with Crippen LogP contribution in [-0.2, 0) is 4.74 Å². The van der Waals surface area contributed by atoms with Gasteiger partial charge in [0.05, 0.1) is 19.3 Å². The van der Waals surface area contributed by atoms with Crippen molar-refractivity contribution in [3.8, 4) is 0 Å². The minimum atomic E-state index is -0.648. The molecule has 0 bridgehead atoms. The van der Waals surface area contributed by atoms with Gasteiger partial charge in [0.15, 0.2) is 6.23 Å². The highest BCUT2D eigenvalue weighted by Gasteiger charge is 2.27. The number of anilines is 1. The molecule has 0 radical (unpaired) electrons. The Balaban J connectivity index is 2.27. The predicted octanol–water partition coefficient (Wildman–Crippen LogP) is -1.12. The highest BCUT2D eigenvalue weighted by atomic mass is 16.5. The van der Waals surface area contributed by atoms with Crippen LogP contribution in [-0.4, -0.2) is 39.1 Å². The van der Waals surface area contributed by atoms with Crippen molar-refractivity contribution in [3.05, 3.63) is 34.9 Å². The van der Waals surface area contributed by atoms with E-state index in [1.807, 2.05) is 0 Å². The molecule has 7 nitrogen and oxygen atoms in total. The van der Waals surface area contributed by atoms with E-state index in [-0.39, 0.29) is 24.9 Å². The van der Waals surface area contributed by atoms with Gasteiger partial charge in [-0.15, -0.1) is 0 Å². The summed E-state index contributed by atoms with van der Waals surface area (Å²) in [6.07, 6.45) is 3.65. The van der Waals surface area contributed by atoms with Crippen molar-refractivity contribution in [1.29, 1.82) is 0 Å². The quantitative estimate of drug-likeness (QED) is 0.588. The van der Waals surface area contributed by atoms with Gasteiger partial charge in [-0.25, -0.2) is 4.79 Å². The zero-order valence-electron chi connectivity index (χ0n) is 9.64. The fourth-order valence-electron chi connectivity index (χ4n) is 1.82. The Morgan fingerprint density at radius 3 is 2.78 bits per heavy atom. The monoisotopic (exact) mass is 253 g/mol. The molecule has 98 valence electrons. The maximum absolute atomic E-state index is 11.6. The molecule has 3 atom stereocenters.